The Hall–Kier alpha value is -0.430. The summed E-state index contributed by atoms with van der Waals surface area (Å²) in [5.74, 6) is 1.92. The quantitative estimate of drug-likeness (QED) is 0.833. The van der Waals surface area contributed by atoms with Crippen molar-refractivity contribution in [3.05, 3.63) is 23.2 Å². The molecule has 2 fully saturated rings. The number of rotatable bonds is 2. The van der Waals surface area contributed by atoms with E-state index in [4.69, 9.17) is 22.1 Å². The van der Waals surface area contributed by atoms with Gasteiger partial charge < -0.3 is 10.5 Å². The monoisotopic (exact) mass is 347 g/mol. The summed E-state index contributed by atoms with van der Waals surface area (Å²) < 4.78 is 31.6. The van der Waals surface area contributed by atoms with E-state index < -0.39 is 15.1 Å². The van der Waals surface area contributed by atoms with E-state index >= 15 is 0 Å². The van der Waals surface area contributed by atoms with E-state index in [0.29, 0.717) is 25.1 Å². The Balaban J connectivity index is 1.90. The van der Waals surface area contributed by atoms with Gasteiger partial charge in [0.2, 0.25) is 0 Å². The Labute approximate surface area is 134 Å². The molecule has 2 saturated heterocycles. The van der Waals surface area contributed by atoms with E-state index in [-0.39, 0.29) is 15.5 Å². The number of nitrogens with two attached hydrogens (primary N) is 1. The lowest BCUT2D eigenvalue weighted by Gasteiger charge is -2.37. The molecule has 0 saturated carbocycles. The molecule has 21 heavy (non-hydrogen) atoms. The molecule has 2 aliphatic heterocycles. The standard InChI is InChI=1S/C14H18ClNO3S2/c15-12-7-10(16)1-2-13(12)21(17,18)11-3-5-19-14(8-11)4-6-20-9-14/h1-2,7,11H,3-6,8-9,16H2. The Morgan fingerprint density at radius 3 is 2.90 bits per heavy atom. The van der Waals surface area contributed by atoms with Gasteiger partial charge >= 0.3 is 0 Å². The van der Waals surface area contributed by atoms with E-state index in [0.717, 1.165) is 17.9 Å². The molecule has 1 aromatic rings. The highest BCUT2D eigenvalue weighted by atomic mass is 35.5. The van der Waals surface area contributed by atoms with Crippen molar-refractivity contribution in [2.24, 2.45) is 0 Å². The molecule has 1 spiro atoms. The van der Waals surface area contributed by atoms with Gasteiger partial charge in [-0.05, 0) is 43.2 Å². The first-order valence-electron chi connectivity index (χ1n) is 6.94. The van der Waals surface area contributed by atoms with Crippen LogP contribution in [-0.2, 0) is 14.6 Å². The molecule has 4 nitrogen and oxygen atoms in total. The fraction of sp³-hybridized carbons (Fsp3) is 0.571. The van der Waals surface area contributed by atoms with Crippen LogP contribution >= 0.6 is 23.4 Å². The smallest absolute Gasteiger partial charge is 0.182 e. The van der Waals surface area contributed by atoms with Gasteiger partial charge in [0.25, 0.3) is 0 Å². The summed E-state index contributed by atoms with van der Waals surface area (Å²) in [6.45, 7) is 0.497. The van der Waals surface area contributed by atoms with Gasteiger partial charge in [-0.1, -0.05) is 11.6 Å². The zero-order chi connectivity index (χ0) is 15.1. The van der Waals surface area contributed by atoms with Crippen LogP contribution in [0.15, 0.2) is 23.1 Å². The average Bonchev–Trinajstić information content (AvgIpc) is 2.86. The van der Waals surface area contributed by atoms with Crippen LogP contribution in [0.5, 0.6) is 0 Å². The van der Waals surface area contributed by atoms with E-state index in [2.05, 4.69) is 0 Å². The number of thioether (sulfide) groups is 1. The number of nitrogen functional groups attached to an aromatic ring is 1. The van der Waals surface area contributed by atoms with Crippen molar-refractivity contribution in [2.45, 2.75) is 35.0 Å². The molecule has 7 heteroatoms. The Morgan fingerprint density at radius 2 is 2.24 bits per heavy atom. The molecular formula is C14H18ClNO3S2. The van der Waals surface area contributed by atoms with Crippen molar-refractivity contribution in [3.8, 4) is 0 Å². The van der Waals surface area contributed by atoms with Gasteiger partial charge in [0.15, 0.2) is 9.84 Å². The zero-order valence-electron chi connectivity index (χ0n) is 11.5. The molecule has 2 heterocycles. The zero-order valence-corrected chi connectivity index (χ0v) is 13.9. The summed E-state index contributed by atoms with van der Waals surface area (Å²) in [4.78, 5) is 0.186. The SMILES string of the molecule is Nc1ccc(S(=O)(=O)C2CCOC3(CCSC3)C2)c(Cl)c1. The number of sulfone groups is 1. The molecule has 116 valence electrons. The number of hydrogen-bond donors (Lipinski definition) is 1. The van der Waals surface area contributed by atoms with Crippen LogP contribution in [-0.4, -0.2) is 37.4 Å². The molecule has 3 rings (SSSR count). The minimum absolute atomic E-state index is 0.186. The Kier molecular flexibility index (Phi) is 4.16. The fourth-order valence-electron chi connectivity index (χ4n) is 3.04. The summed E-state index contributed by atoms with van der Waals surface area (Å²) >= 11 is 7.92. The largest absolute Gasteiger partial charge is 0.399 e. The van der Waals surface area contributed by atoms with Crippen LogP contribution in [0.25, 0.3) is 0 Å². The molecule has 0 aromatic heterocycles. The summed E-state index contributed by atoms with van der Waals surface area (Å²) in [6.07, 6.45) is 2.01. The van der Waals surface area contributed by atoms with Crippen molar-refractivity contribution in [1.29, 1.82) is 0 Å². The van der Waals surface area contributed by atoms with Crippen LogP contribution < -0.4 is 5.73 Å². The predicted octanol–water partition coefficient (Wildman–Crippen LogP) is 2.75. The van der Waals surface area contributed by atoms with Crippen molar-refractivity contribution in [3.63, 3.8) is 0 Å². The Morgan fingerprint density at radius 1 is 1.43 bits per heavy atom. The van der Waals surface area contributed by atoms with Gasteiger partial charge in [0.1, 0.15) is 0 Å². The predicted molar refractivity (Wildman–Crippen MR) is 86.7 cm³/mol. The Bertz CT molecular complexity index is 642. The third-order valence-electron chi connectivity index (χ3n) is 4.22. The lowest BCUT2D eigenvalue weighted by atomic mass is 9.93. The number of benzene rings is 1. The third kappa shape index (κ3) is 2.91. The number of ether oxygens (including phenoxy) is 1. The summed E-state index contributed by atoms with van der Waals surface area (Å²) in [7, 11) is -3.45. The molecule has 0 radical (unpaired) electrons. The fourth-order valence-corrected chi connectivity index (χ4v) is 6.81. The van der Waals surface area contributed by atoms with Crippen LogP contribution in [0.4, 0.5) is 5.69 Å². The first-order valence-corrected chi connectivity index (χ1v) is 10.0. The number of halogens is 1. The van der Waals surface area contributed by atoms with Gasteiger partial charge in [-0.25, -0.2) is 8.42 Å². The molecule has 2 aliphatic rings. The molecular weight excluding hydrogens is 330 g/mol. The molecule has 0 amide bonds. The van der Waals surface area contributed by atoms with Gasteiger partial charge in [-0.15, -0.1) is 0 Å². The molecule has 2 atom stereocenters. The van der Waals surface area contributed by atoms with Crippen LogP contribution in [0.2, 0.25) is 5.02 Å². The molecule has 0 aliphatic carbocycles. The van der Waals surface area contributed by atoms with Crippen LogP contribution in [0.1, 0.15) is 19.3 Å². The average molecular weight is 348 g/mol. The topological polar surface area (TPSA) is 69.4 Å². The van der Waals surface area contributed by atoms with Gasteiger partial charge in [0, 0.05) is 18.0 Å². The minimum Gasteiger partial charge on any atom is -0.399 e. The minimum atomic E-state index is -3.45. The molecule has 0 bridgehead atoms. The second-order valence-corrected chi connectivity index (χ2v) is 9.39. The maximum absolute atomic E-state index is 12.9. The summed E-state index contributed by atoms with van der Waals surface area (Å²) in [6, 6.07) is 4.59. The highest BCUT2D eigenvalue weighted by Gasteiger charge is 2.45. The van der Waals surface area contributed by atoms with Crippen molar-refractivity contribution >= 4 is 38.9 Å². The van der Waals surface area contributed by atoms with Gasteiger partial charge in [-0.3, -0.25) is 0 Å². The summed E-state index contributed by atoms with van der Waals surface area (Å²) in [5, 5.41) is -0.220. The van der Waals surface area contributed by atoms with E-state index in [1.165, 1.54) is 12.1 Å². The van der Waals surface area contributed by atoms with Gasteiger partial charge in [-0.2, -0.15) is 11.8 Å². The normalized spacial score (nSPS) is 29.9. The van der Waals surface area contributed by atoms with Crippen LogP contribution in [0, 0.1) is 0 Å². The van der Waals surface area contributed by atoms with Gasteiger partial charge in [0.05, 0.1) is 20.8 Å². The molecule has 2 unspecified atom stereocenters. The van der Waals surface area contributed by atoms with Crippen molar-refractivity contribution < 1.29 is 13.2 Å². The lowest BCUT2D eigenvalue weighted by molar-refractivity contribution is -0.0572. The summed E-state index contributed by atoms with van der Waals surface area (Å²) in [5.41, 5.74) is 5.85. The highest BCUT2D eigenvalue weighted by molar-refractivity contribution is 7.99. The lowest BCUT2D eigenvalue weighted by Crippen LogP contribution is -2.44. The number of hydrogen-bond acceptors (Lipinski definition) is 5. The molecule has 1 aromatic carbocycles. The highest BCUT2D eigenvalue weighted by Crippen LogP contribution is 2.42. The van der Waals surface area contributed by atoms with E-state index in [1.54, 1.807) is 6.07 Å². The maximum Gasteiger partial charge on any atom is 0.182 e. The second-order valence-electron chi connectivity index (χ2n) is 5.68. The van der Waals surface area contributed by atoms with E-state index in [9.17, 15) is 8.42 Å². The van der Waals surface area contributed by atoms with Crippen LogP contribution in [0.3, 0.4) is 0 Å². The first kappa shape index (κ1) is 15.5. The van der Waals surface area contributed by atoms with Crippen molar-refractivity contribution in [1.82, 2.24) is 0 Å². The third-order valence-corrected chi connectivity index (χ3v) is 8.11. The molecule has 2 N–H and O–H groups in total. The van der Waals surface area contributed by atoms with E-state index in [1.807, 2.05) is 11.8 Å². The number of anilines is 1. The second kappa shape index (κ2) is 5.65. The van der Waals surface area contributed by atoms with Crippen molar-refractivity contribution in [2.75, 3.05) is 23.8 Å². The maximum atomic E-state index is 12.9. The first-order chi connectivity index (χ1) is 9.93.